The van der Waals surface area contributed by atoms with Gasteiger partial charge < -0.3 is 16.0 Å². The summed E-state index contributed by atoms with van der Waals surface area (Å²) >= 11 is 0. The maximum Gasteiger partial charge on any atom is 0.390 e. The molecule has 0 saturated heterocycles. The lowest BCUT2D eigenvalue weighted by Gasteiger charge is -2.12. The third-order valence-electron chi connectivity index (χ3n) is 2.53. The monoisotopic (exact) mass is 462 g/mol. The molecule has 1 aromatic rings. The molecule has 10 heteroatoms. The highest BCUT2D eigenvalue weighted by Crippen LogP contribution is 2.18. The molecule has 3 N–H and O–H groups in total. The van der Waals surface area contributed by atoms with Crippen LogP contribution in [0.25, 0.3) is 0 Å². The Kier molecular flexibility index (Phi) is 10.3. The maximum atomic E-state index is 13.0. The zero-order valence-corrected chi connectivity index (χ0v) is 15.2. The molecule has 0 radical (unpaired) electrons. The quantitative estimate of drug-likeness (QED) is 0.264. The number of halogens is 5. The second-order valence-corrected chi connectivity index (χ2v) is 4.55. The summed E-state index contributed by atoms with van der Waals surface area (Å²) in [6.07, 6.45) is -5.27. The van der Waals surface area contributed by atoms with E-state index in [0.29, 0.717) is 6.54 Å². The number of benzene rings is 1. The van der Waals surface area contributed by atoms with E-state index < -0.39 is 24.3 Å². The molecular formula is C14H19F4IN4O. The normalized spacial score (nSPS) is 11.5. The molecule has 0 aliphatic rings. The van der Waals surface area contributed by atoms with Gasteiger partial charge in [0.1, 0.15) is 12.4 Å². The summed E-state index contributed by atoms with van der Waals surface area (Å²) in [6.45, 7) is 1.52. The number of rotatable bonds is 6. The predicted molar refractivity (Wildman–Crippen MR) is 95.1 cm³/mol. The Hall–Kier alpha value is -1.59. The van der Waals surface area contributed by atoms with Crippen molar-refractivity contribution in [2.75, 3.05) is 25.0 Å². The fraction of sp³-hybridized carbons (Fsp3) is 0.429. The van der Waals surface area contributed by atoms with Crippen LogP contribution in [-0.4, -0.2) is 37.7 Å². The van der Waals surface area contributed by atoms with Crippen LogP contribution in [0.1, 0.15) is 13.3 Å². The average molecular weight is 462 g/mol. The third-order valence-corrected chi connectivity index (χ3v) is 2.53. The Morgan fingerprint density at radius 2 is 1.96 bits per heavy atom. The number of hydrogen-bond donors (Lipinski definition) is 3. The maximum absolute atomic E-state index is 13.0. The van der Waals surface area contributed by atoms with Crippen LogP contribution in [-0.2, 0) is 4.79 Å². The van der Waals surface area contributed by atoms with E-state index in [4.69, 9.17) is 0 Å². The first-order valence-corrected chi connectivity index (χ1v) is 6.94. The fourth-order valence-electron chi connectivity index (χ4n) is 1.58. The van der Waals surface area contributed by atoms with E-state index in [2.05, 4.69) is 20.9 Å². The van der Waals surface area contributed by atoms with Crippen molar-refractivity contribution in [2.45, 2.75) is 19.5 Å². The molecule has 0 unspecified atom stereocenters. The molecule has 1 amide bonds. The smallest absolute Gasteiger partial charge is 0.357 e. The van der Waals surface area contributed by atoms with Crippen LogP contribution in [0.5, 0.6) is 0 Å². The number of guanidine groups is 1. The summed E-state index contributed by atoms with van der Waals surface area (Å²) in [6, 6.07) is 5.34. The second-order valence-electron chi connectivity index (χ2n) is 4.55. The fourth-order valence-corrected chi connectivity index (χ4v) is 1.58. The summed E-state index contributed by atoms with van der Waals surface area (Å²) in [5, 5.41) is 7.65. The van der Waals surface area contributed by atoms with E-state index in [1.807, 2.05) is 0 Å². The van der Waals surface area contributed by atoms with Crippen LogP contribution in [0.4, 0.5) is 23.2 Å². The van der Waals surface area contributed by atoms with Crippen molar-refractivity contribution < 1.29 is 22.4 Å². The first-order chi connectivity index (χ1) is 10.8. The first kappa shape index (κ1) is 22.4. The molecule has 0 fully saturated rings. The van der Waals surface area contributed by atoms with Crippen molar-refractivity contribution >= 4 is 41.5 Å². The minimum absolute atomic E-state index is 0. The average Bonchev–Trinajstić information content (AvgIpc) is 2.43. The summed E-state index contributed by atoms with van der Waals surface area (Å²) < 4.78 is 49.2. The lowest BCUT2D eigenvalue weighted by Crippen LogP contribution is -2.39. The molecule has 0 saturated carbocycles. The first-order valence-electron chi connectivity index (χ1n) is 6.94. The molecule has 5 nitrogen and oxygen atoms in total. The largest absolute Gasteiger partial charge is 0.390 e. The van der Waals surface area contributed by atoms with E-state index in [0.717, 1.165) is 6.07 Å². The van der Waals surface area contributed by atoms with Gasteiger partial charge in [-0.15, -0.1) is 24.0 Å². The highest BCUT2D eigenvalue weighted by atomic mass is 127. The number of anilines is 1. The van der Waals surface area contributed by atoms with Gasteiger partial charge in [0, 0.05) is 18.8 Å². The predicted octanol–water partition coefficient (Wildman–Crippen LogP) is 2.89. The molecule has 0 spiro atoms. The van der Waals surface area contributed by atoms with Crippen molar-refractivity contribution in [2.24, 2.45) is 4.99 Å². The van der Waals surface area contributed by atoms with E-state index in [1.54, 1.807) is 6.92 Å². The van der Waals surface area contributed by atoms with Gasteiger partial charge in [0.2, 0.25) is 5.91 Å². The van der Waals surface area contributed by atoms with Gasteiger partial charge in [0.25, 0.3) is 0 Å². The van der Waals surface area contributed by atoms with Gasteiger partial charge in [-0.05, 0) is 25.1 Å². The number of amides is 1. The summed E-state index contributed by atoms with van der Waals surface area (Å²) in [4.78, 5) is 15.6. The summed E-state index contributed by atoms with van der Waals surface area (Å²) in [7, 11) is 0. The zero-order chi connectivity index (χ0) is 17.3. The van der Waals surface area contributed by atoms with Crippen LogP contribution in [0, 0.1) is 5.82 Å². The molecule has 136 valence electrons. The van der Waals surface area contributed by atoms with E-state index in [9.17, 15) is 22.4 Å². The van der Waals surface area contributed by atoms with E-state index >= 15 is 0 Å². The number of aliphatic imine (C=N–C) groups is 1. The Labute approximate surface area is 154 Å². The molecule has 0 bridgehead atoms. The Bertz CT molecular complexity index is 552. The van der Waals surface area contributed by atoms with Crippen LogP contribution in [0.2, 0.25) is 0 Å². The highest BCUT2D eigenvalue weighted by molar-refractivity contribution is 14.0. The minimum atomic E-state index is -4.26. The number of nitrogens with one attached hydrogen (secondary N) is 3. The molecule has 0 heterocycles. The van der Waals surface area contributed by atoms with Crippen molar-refractivity contribution in [1.29, 1.82) is 0 Å². The minimum Gasteiger partial charge on any atom is -0.357 e. The van der Waals surface area contributed by atoms with Crippen LogP contribution >= 0.6 is 24.0 Å². The van der Waals surface area contributed by atoms with E-state index in [1.165, 1.54) is 18.2 Å². The van der Waals surface area contributed by atoms with Crippen molar-refractivity contribution in [3.8, 4) is 0 Å². The van der Waals surface area contributed by atoms with Gasteiger partial charge in [0.15, 0.2) is 5.96 Å². The molecule has 0 aromatic heterocycles. The lowest BCUT2D eigenvalue weighted by molar-refractivity contribution is -0.132. The molecule has 24 heavy (non-hydrogen) atoms. The van der Waals surface area contributed by atoms with Gasteiger partial charge in [-0.3, -0.25) is 4.79 Å². The van der Waals surface area contributed by atoms with Gasteiger partial charge in [-0.2, -0.15) is 13.2 Å². The van der Waals surface area contributed by atoms with Gasteiger partial charge in [-0.1, -0.05) is 6.07 Å². The van der Waals surface area contributed by atoms with Gasteiger partial charge >= 0.3 is 6.18 Å². The SMILES string of the molecule is CCNC(=NCC(=O)Nc1cccc(F)c1)NCCC(F)(F)F.I. The number of carbonyl (C=O) groups excluding carboxylic acids is 1. The summed E-state index contributed by atoms with van der Waals surface area (Å²) in [5.74, 6) is -0.900. The zero-order valence-electron chi connectivity index (χ0n) is 12.9. The van der Waals surface area contributed by atoms with Crippen molar-refractivity contribution in [3.63, 3.8) is 0 Å². The van der Waals surface area contributed by atoms with Crippen molar-refractivity contribution in [1.82, 2.24) is 10.6 Å². The van der Waals surface area contributed by atoms with Gasteiger partial charge in [-0.25, -0.2) is 9.38 Å². The molecule has 0 atom stereocenters. The Balaban J connectivity index is 0.00000529. The Morgan fingerprint density at radius 1 is 1.25 bits per heavy atom. The molecule has 1 aromatic carbocycles. The number of nitrogens with zero attached hydrogens (tertiary/aromatic N) is 1. The van der Waals surface area contributed by atoms with Crippen molar-refractivity contribution in [3.05, 3.63) is 30.1 Å². The summed E-state index contributed by atoms with van der Waals surface area (Å²) in [5.41, 5.74) is 0.278. The number of hydrogen-bond acceptors (Lipinski definition) is 2. The molecular weight excluding hydrogens is 443 g/mol. The lowest BCUT2D eigenvalue weighted by atomic mass is 10.3. The second kappa shape index (κ2) is 11.0. The highest BCUT2D eigenvalue weighted by Gasteiger charge is 2.26. The molecule has 0 aliphatic carbocycles. The number of carbonyl (C=O) groups is 1. The third kappa shape index (κ3) is 10.2. The van der Waals surface area contributed by atoms with Crippen LogP contribution in [0.15, 0.2) is 29.3 Å². The number of alkyl halides is 3. The van der Waals surface area contributed by atoms with Gasteiger partial charge in [0.05, 0.1) is 6.42 Å². The van der Waals surface area contributed by atoms with E-state index in [-0.39, 0.29) is 48.7 Å². The standard InChI is InChI=1S/C14H18F4N4O.HI/c1-2-19-13(20-7-6-14(16,17)18)21-9-12(23)22-11-5-3-4-10(15)8-11;/h3-5,8H,2,6-7,9H2,1H3,(H,22,23)(H2,19,20,21);1H. The topological polar surface area (TPSA) is 65.5 Å². The van der Waals surface area contributed by atoms with Crippen LogP contribution in [0.3, 0.4) is 0 Å². The molecule has 0 aliphatic heterocycles. The Morgan fingerprint density at radius 3 is 2.54 bits per heavy atom. The molecule has 1 rings (SSSR count). The van der Waals surface area contributed by atoms with Crippen LogP contribution < -0.4 is 16.0 Å².